The number of esters is 1. The summed E-state index contributed by atoms with van der Waals surface area (Å²) in [6, 6.07) is 6.92. The molecular formula is C24H29N3O4S. The highest BCUT2D eigenvalue weighted by atomic mass is 32.1. The molecule has 0 aliphatic heterocycles. The maximum absolute atomic E-state index is 13.3. The van der Waals surface area contributed by atoms with E-state index in [0.29, 0.717) is 27.1 Å². The Morgan fingerprint density at radius 2 is 1.88 bits per heavy atom. The van der Waals surface area contributed by atoms with Gasteiger partial charge in [-0.3, -0.25) is 14.2 Å². The van der Waals surface area contributed by atoms with Gasteiger partial charge in [-0.15, -0.1) is 11.3 Å². The van der Waals surface area contributed by atoms with Crippen LogP contribution in [0.25, 0.3) is 10.2 Å². The topological polar surface area (TPSA) is 90.3 Å². The van der Waals surface area contributed by atoms with E-state index in [-0.39, 0.29) is 23.5 Å². The van der Waals surface area contributed by atoms with E-state index in [9.17, 15) is 14.4 Å². The van der Waals surface area contributed by atoms with E-state index in [0.717, 1.165) is 22.6 Å². The van der Waals surface area contributed by atoms with Crippen LogP contribution in [0, 0.1) is 6.92 Å². The number of ether oxygens (including phenoxy) is 1. The van der Waals surface area contributed by atoms with Gasteiger partial charge in [-0.05, 0) is 50.3 Å². The zero-order chi connectivity index (χ0) is 23.6. The van der Waals surface area contributed by atoms with Crippen molar-refractivity contribution in [3.05, 3.63) is 57.0 Å². The fourth-order valence-electron chi connectivity index (χ4n) is 3.66. The van der Waals surface area contributed by atoms with Gasteiger partial charge in [-0.1, -0.05) is 39.0 Å². The Balaban J connectivity index is 1.99. The summed E-state index contributed by atoms with van der Waals surface area (Å²) < 4.78 is 6.65. The van der Waals surface area contributed by atoms with Crippen molar-refractivity contribution in [2.24, 2.45) is 0 Å². The van der Waals surface area contributed by atoms with Crippen molar-refractivity contribution < 1.29 is 14.3 Å². The second-order valence-corrected chi connectivity index (χ2v) is 9.30. The average Bonchev–Trinajstić information content (AvgIpc) is 3.07. The lowest BCUT2D eigenvalue weighted by Gasteiger charge is -2.20. The molecule has 0 aliphatic carbocycles. The van der Waals surface area contributed by atoms with Crippen LogP contribution in [-0.4, -0.2) is 27.5 Å². The summed E-state index contributed by atoms with van der Waals surface area (Å²) >= 11 is 1.13. The minimum absolute atomic E-state index is 0.241. The van der Waals surface area contributed by atoms with Crippen molar-refractivity contribution in [3.8, 4) is 0 Å². The Hall–Kier alpha value is -3.00. The van der Waals surface area contributed by atoms with Crippen LogP contribution < -0.4 is 10.9 Å². The molecule has 1 N–H and O–H groups in total. The summed E-state index contributed by atoms with van der Waals surface area (Å²) in [6.07, 6.45) is 1.53. The molecule has 0 saturated heterocycles. The molecule has 2 aromatic heterocycles. The van der Waals surface area contributed by atoms with Gasteiger partial charge in [0.2, 0.25) is 5.91 Å². The molecule has 1 atom stereocenters. The van der Waals surface area contributed by atoms with Gasteiger partial charge in [0.05, 0.1) is 17.8 Å². The first-order chi connectivity index (χ1) is 15.1. The average molecular weight is 456 g/mol. The van der Waals surface area contributed by atoms with E-state index in [1.54, 1.807) is 20.8 Å². The molecule has 2 heterocycles. The number of aryl methyl sites for hydroxylation is 1. The van der Waals surface area contributed by atoms with Gasteiger partial charge in [0.1, 0.15) is 15.7 Å². The lowest BCUT2D eigenvalue weighted by atomic mass is 10.0. The van der Waals surface area contributed by atoms with Crippen LogP contribution in [0.3, 0.4) is 0 Å². The number of thiophene rings is 1. The fourth-order valence-corrected chi connectivity index (χ4v) is 4.68. The Morgan fingerprint density at radius 3 is 2.50 bits per heavy atom. The van der Waals surface area contributed by atoms with Gasteiger partial charge in [0.15, 0.2) is 0 Å². The molecule has 3 aromatic rings. The zero-order valence-corrected chi connectivity index (χ0v) is 20.1. The second kappa shape index (κ2) is 9.65. The number of fused-ring (bicyclic) bond motifs is 1. The minimum atomic E-state index is -0.731. The maximum Gasteiger partial charge on any atom is 0.348 e. The number of benzene rings is 1. The third-order valence-corrected chi connectivity index (χ3v) is 6.45. The fraction of sp³-hybridized carbons (Fsp3) is 0.417. The maximum atomic E-state index is 13.3. The Kier molecular flexibility index (Phi) is 7.13. The molecule has 7 nitrogen and oxygen atoms in total. The quantitative estimate of drug-likeness (QED) is 0.504. The number of carbonyl (C=O) groups excluding carboxylic acids is 2. The first kappa shape index (κ1) is 23.7. The van der Waals surface area contributed by atoms with Crippen molar-refractivity contribution in [3.63, 3.8) is 0 Å². The molecular weight excluding hydrogens is 426 g/mol. The summed E-state index contributed by atoms with van der Waals surface area (Å²) in [7, 11) is 0. The Morgan fingerprint density at radius 1 is 1.19 bits per heavy atom. The van der Waals surface area contributed by atoms with Gasteiger partial charge in [0, 0.05) is 5.69 Å². The highest BCUT2D eigenvalue weighted by Gasteiger charge is 2.25. The number of hydrogen-bond acceptors (Lipinski definition) is 6. The predicted octanol–water partition coefficient (Wildman–Crippen LogP) is 5.04. The second-order valence-electron chi connectivity index (χ2n) is 8.30. The van der Waals surface area contributed by atoms with Crippen molar-refractivity contribution >= 4 is 39.1 Å². The normalized spacial score (nSPS) is 12.4. The molecule has 0 radical (unpaired) electrons. The van der Waals surface area contributed by atoms with E-state index in [4.69, 9.17) is 4.74 Å². The van der Waals surface area contributed by atoms with Crippen molar-refractivity contribution in [1.82, 2.24) is 9.55 Å². The van der Waals surface area contributed by atoms with E-state index < -0.39 is 12.0 Å². The van der Waals surface area contributed by atoms with Crippen LogP contribution in [-0.2, 0) is 9.53 Å². The molecule has 0 fully saturated rings. The van der Waals surface area contributed by atoms with Crippen molar-refractivity contribution in [1.29, 1.82) is 0 Å². The molecule has 0 saturated carbocycles. The molecule has 0 bridgehead atoms. The number of aromatic nitrogens is 2. The van der Waals surface area contributed by atoms with E-state index in [1.165, 1.54) is 10.9 Å². The largest absolute Gasteiger partial charge is 0.459 e. The Labute approximate surface area is 191 Å². The van der Waals surface area contributed by atoms with Crippen LogP contribution in [0.5, 0.6) is 0 Å². The number of rotatable bonds is 7. The SMILES string of the molecule is CCC(C(=O)Nc1ccccc1C(C)C)n1cnc2sc(C(=O)OC(C)C)c(C)c2c1=O. The molecule has 8 heteroatoms. The van der Waals surface area contributed by atoms with Crippen LogP contribution in [0.1, 0.15) is 73.8 Å². The van der Waals surface area contributed by atoms with Gasteiger partial charge in [-0.2, -0.15) is 0 Å². The van der Waals surface area contributed by atoms with Gasteiger partial charge in [-0.25, -0.2) is 9.78 Å². The number of nitrogens with one attached hydrogen (secondary N) is 1. The lowest BCUT2D eigenvalue weighted by molar-refractivity contribution is -0.119. The molecule has 0 aliphatic rings. The van der Waals surface area contributed by atoms with Gasteiger partial charge < -0.3 is 10.1 Å². The summed E-state index contributed by atoms with van der Waals surface area (Å²) in [5.41, 5.74) is 1.95. The third-order valence-electron chi connectivity index (χ3n) is 5.27. The molecule has 170 valence electrons. The highest BCUT2D eigenvalue weighted by Crippen LogP contribution is 2.29. The first-order valence-electron chi connectivity index (χ1n) is 10.8. The molecule has 0 spiro atoms. The van der Waals surface area contributed by atoms with E-state index >= 15 is 0 Å². The van der Waals surface area contributed by atoms with Crippen molar-refractivity contribution in [2.45, 2.75) is 66.0 Å². The number of carbonyl (C=O) groups is 2. The summed E-state index contributed by atoms with van der Waals surface area (Å²) in [4.78, 5) is 44.1. The lowest BCUT2D eigenvalue weighted by Crippen LogP contribution is -2.33. The molecule has 3 rings (SSSR count). The minimum Gasteiger partial charge on any atom is -0.459 e. The number of amides is 1. The predicted molar refractivity (Wildman–Crippen MR) is 128 cm³/mol. The monoisotopic (exact) mass is 455 g/mol. The van der Waals surface area contributed by atoms with E-state index in [1.807, 2.05) is 31.2 Å². The molecule has 1 unspecified atom stereocenters. The van der Waals surface area contributed by atoms with E-state index in [2.05, 4.69) is 24.1 Å². The molecule has 32 heavy (non-hydrogen) atoms. The number of anilines is 1. The number of hydrogen-bond donors (Lipinski definition) is 1. The van der Waals surface area contributed by atoms with Gasteiger partial charge in [0.25, 0.3) is 5.56 Å². The highest BCUT2D eigenvalue weighted by molar-refractivity contribution is 7.20. The summed E-state index contributed by atoms with van der Waals surface area (Å²) in [6.45, 7) is 11.2. The third kappa shape index (κ3) is 4.60. The van der Waals surface area contributed by atoms with Crippen LogP contribution >= 0.6 is 11.3 Å². The zero-order valence-electron chi connectivity index (χ0n) is 19.3. The number of para-hydroxylation sites is 1. The molecule has 1 amide bonds. The van der Waals surface area contributed by atoms with Crippen molar-refractivity contribution in [2.75, 3.05) is 5.32 Å². The summed E-state index contributed by atoms with van der Waals surface area (Å²) in [5, 5.41) is 3.33. The van der Waals surface area contributed by atoms with Crippen LogP contribution in [0.15, 0.2) is 35.4 Å². The molecule has 1 aromatic carbocycles. The standard InChI is InChI=1S/C24H29N3O4S/c1-7-18(21(28)26-17-11-9-8-10-16(17)13(2)3)27-12-25-22-19(23(27)29)15(6)20(32-22)24(30)31-14(4)5/h8-14,18H,7H2,1-6H3,(H,26,28). The first-order valence-corrected chi connectivity index (χ1v) is 11.6. The smallest absolute Gasteiger partial charge is 0.348 e. The number of nitrogens with zero attached hydrogens (tertiary/aromatic N) is 2. The van der Waals surface area contributed by atoms with Gasteiger partial charge >= 0.3 is 5.97 Å². The Bertz CT molecular complexity index is 1210. The van der Waals surface area contributed by atoms with Crippen LogP contribution in [0.4, 0.5) is 5.69 Å². The summed E-state index contributed by atoms with van der Waals surface area (Å²) in [5.74, 6) is -0.512. The van der Waals surface area contributed by atoms with Crippen LogP contribution in [0.2, 0.25) is 0 Å².